The van der Waals surface area contributed by atoms with Gasteiger partial charge in [0.15, 0.2) is 0 Å². The summed E-state index contributed by atoms with van der Waals surface area (Å²) in [5, 5.41) is 3.40. The monoisotopic (exact) mass is 384 g/mol. The minimum Gasteiger partial charge on any atom is -0.494 e. The van der Waals surface area contributed by atoms with Gasteiger partial charge in [-0.1, -0.05) is 42.5 Å². The second-order valence-corrected chi connectivity index (χ2v) is 6.69. The van der Waals surface area contributed by atoms with Gasteiger partial charge < -0.3 is 24.4 Å². The lowest BCUT2D eigenvalue weighted by atomic mass is 10.2. The molecule has 2 aromatic rings. The van der Waals surface area contributed by atoms with Crippen LogP contribution in [0, 0.1) is 0 Å². The molecule has 0 aliphatic carbocycles. The fourth-order valence-electron chi connectivity index (χ4n) is 3.07. The summed E-state index contributed by atoms with van der Waals surface area (Å²) in [6, 6.07) is 17.7. The van der Waals surface area contributed by atoms with Crippen molar-refractivity contribution < 1.29 is 19.0 Å². The molecule has 1 aliphatic rings. The van der Waals surface area contributed by atoms with Crippen LogP contribution in [0.2, 0.25) is 0 Å². The summed E-state index contributed by atoms with van der Waals surface area (Å²) in [6.45, 7) is 5.96. The lowest BCUT2D eigenvalue weighted by Gasteiger charge is -2.32. The Balaban J connectivity index is 1.38. The molecule has 2 aromatic carbocycles. The van der Waals surface area contributed by atoms with E-state index in [4.69, 9.17) is 14.2 Å². The smallest absolute Gasteiger partial charge is 0.410 e. The van der Waals surface area contributed by atoms with E-state index in [1.165, 1.54) is 5.56 Å². The molecule has 0 saturated carbocycles. The first-order chi connectivity index (χ1) is 13.7. The van der Waals surface area contributed by atoms with E-state index in [0.717, 1.165) is 17.9 Å². The molecule has 0 spiro atoms. The molecule has 1 saturated heterocycles. The average Bonchev–Trinajstić information content (AvgIpc) is 2.74. The average molecular weight is 384 g/mol. The second kappa shape index (κ2) is 10.7. The van der Waals surface area contributed by atoms with E-state index in [1.807, 2.05) is 61.5 Å². The number of carbonyl (C=O) groups excluding carboxylic acids is 1. The first kappa shape index (κ1) is 20.2. The molecule has 1 atom stereocenters. The van der Waals surface area contributed by atoms with E-state index in [2.05, 4.69) is 5.32 Å². The van der Waals surface area contributed by atoms with Gasteiger partial charge in [-0.05, 0) is 30.2 Å². The highest BCUT2D eigenvalue weighted by atomic mass is 16.6. The van der Waals surface area contributed by atoms with Crippen molar-refractivity contribution in [1.82, 2.24) is 10.2 Å². The Morgan fingerprint density at radius 2 is 1.93 bits per heavy atom. The number of benzene rings is 2. The maximum atomic E-state index is 12.3. The molecule has 150 valence electrons. The van der Waals surface area contributed by atoms with Gasteiger partial charge in [-0.25, -0.2) is 4.79 Å². The predicted octanol–water partition coefficient (Wildman–Crippen LogP) is 3.21. The molecule has 1 aliphatic heterocycles. The zero-order valence-corrected chi connectivity index (χ0v) is 16.3. The van der Waals surface area contributed by atoms with Crippen LogP contribution in [0.3, 0.4) is 0 Å². The minimum absolute atomic E-state index is 0.0410. The molecule has 0 aromatic heterocycles. The highest BCUT2D eigenvalue weighted by molar-refractivity contribution is 5.67. The van der Waals surface area contributed by atoms with Crippen LogP contribution in [0.4, 0.5) is 4.79 Å². The molecule has 1 heterocycles. The molecule has 1 unspecified atom stereocenters. The molecule has 0 radical (unpaired) electrons. The van der Waals surface area contributed by atoms with Crippen LogP contribution in [-0.4, -0.2) is 49.9 Å². The zero-order chi connectivity index (χ0) is 19.6. The van der Waals surface area contributed by atoms with Crippen molar-refractivity contribution >= 4 is 6.09 Å². The molecule has 6 nitrogen and oxygen atoms in total. The molecule has 1 amide bonds. The molecule has 28 heavy (non-hydrogen) atoms. The maximum Gasteiger partial charge on any atom is 0.410 e. The van der Waals surface area contributed by atoms with Crippen LogP contribution in [-0.2, 0) is 22.6 Å². The Morgan fingerprint density at radius 1 is 1.14 bits per heavy atom. The number of morpholine rings is 1. The van der Waals surface area contributed by atoms with Crippen molar-refractivity contribution in [3.05, 3.63) is 65.7 Å². The van der Waals surface area contributed by atoms with E-state index >= 15 is 0 Å². The van der Waals surface area contributed by atoms with Gasteiger partial charge in [0, 0.05) is 19.6 Å². The van der Waals surface area contributed by atoms with Crippen LogP contribution < -0.4 is 10.1 Å². The number of hydrogen-bond donors (Lipinski definition) is 1. The number of carbonyl (C=O) groups is 1. The van der Waals surface area contributed by atoms with Crippen molar-refractivity contribution in [2.24, 2.45) is 0 Å². The summed E-state index contributed by atoms with van der Waals surface area (Å²) in [7, 11) is 0. The largest absolute Gasteiger partial charge is 0.494 e. The van der Waals surface area contributed by atoms with Crippen LogP contribution in [0.5, 0.6) is 5.75 Å². The Bertz CT molecular complexity index is 721. The van der Waals surface area contributed by atoms with Crippen molar-refractivity contribution in [2.45, 2.75) is 26.2 Å². The van der Waals surface area contributed by atoms with Gasteiger partial charge >= 0.3 is 6.09 Å². The third-order valence-corrected chi connectivity index (χ3v) is 4.54. The fourth-order valence-corrected chi connectivity index (χ4v) is 3.07. The summed E-state index contributed by atoms with van der Waals surface area (Å²) in [6.07, 6.45) is -0.329. The summed E-state index contributed by atoms with van der Waals surface area (Å²) >= 11 is 0. The predicted molar refractivity (Wildman–Crippen MR) is 107 cm³/mol. The van der Waals surface area contributed by atoms with Crippen molar-refractivity contribution in [2.75, 3.05) is 32.8 Å². The highest BCUT2D eigenvalue weighted by Gasteiger charge is 2.25. The number of ether oxygens (including phenoxy) is 3. The zero-order valence-electron chi connectivity index (χ0n) is 16.3. The summed E-state index contributed by atoms with van der Waals surface area (Å²) in [4.78, 5) is 14.0. The summed E-state index contributed by atoms with van der Waals surface area (Å²) in [5.41, 5.74) is 2.16. The molecule has 3 rings (SSSR count). The SMILES string of the molecule is CCOc1ccc(CNCC2CN(C(=O)OCc3ccccc3)CCO2)cc1. The molecule has 1 N–H and O–H groups in total. The number of hydrogen-bond acceptors (Lipinski definition) is 5. The van der Waals surface area contributed by atoms with Gasteiger partial charge in [-0.15, -0.1) is 0 Å². The number of rotatable bonds is 8. The third kappa shape index (κ3) is 6.25. The van der Waals surface area contributed by atoms with Crippen molar-refractivity contribution in [1.29, 1.82) is 0 Å². The molecule has 1 fully saturated rings. The number of nitrogens with zero attached hydrogens (tertiary/aromatic N) is 1. The second-order valence-electron chi connectivity index (χ2n) is 6.69. The van der Waals surface area contributed by atoms with Crippen LogP contribution >= 0.6 is 0 Å². The highest BCUT2D eigenvalue weighted by Crippen LogP contribution is 2.12. The molecule has 6 heteroatoms. The Morgan fingerprint density at radius 3 is 2.68 bits per heavy atom. The quantitative estimate of drug-likeness (QED) is 0.757. The Kier molecular flexibility index (Phi) is 7.70. The van der Waals surface area contributed by atoms with E-state index in [-0.39, 0.29) is 18.8 Å². The van der Waals surface area contributed by atoms with Crippen molar-refractivity contribution in [3.8, 4) is 5.75 Å². The van der Waals surface area contributed by atoms with E-state index in [9.17, 15) is 4.79 Å². The third-order valence-electron chi connectivity index (χ3n) is 4.54. The lowest BCUT2D eigenvalue weighted by Crippen LogP contribution is -2.49. The van der Waals surface area contributed by atoms with Gasteiger partial charge in [-0.2, -0.15) is 0 Å². The molecular weight excluding hydrogens is 356 g/mol. The van der Waals surface area contributed by atoms with E-state index in [1.54, 1.807) is 4.90 Å². The number of nitrogens with one attached hydrogen (secondary N) is 1. The van der Waals surface area contributed by atoms with Crippen LogP contribution in [0.1, 0.15) is 18.1 Å². The van der Waals surface area contributed by atoms with Gasteiger partial charge in [0.2, 0.25) is 0 Å². The molecular formula is C22H28N2O4. The summed E-state index contributed by atoms with van der Waals surface area (Å²) < 4.78 is 16.7. The minimum atomic E-state index is -0.288. The van der Waals surface area contributed by atoms with Crippen LogP contribution in [0.25, 0.3) is 0 Å². The Labute approximate surface area is 166 Å². The van der Waals surface area contributed by atoms with Gasteiger partial charge in [0.1, 0.15) is 12.4 Å². The van der Waals surface area contributed by atoms with Gasteiger partial charge in [0.05, 0.1) is 25.9 Å². The molecule has 0 bridgehead atoms. The first-order valence-electron chi connectivity index (χ1n) is 9.74. The first-order valence-corrected chi connectivity index (χ1v) is 9.74. The summed E-state index contributed by atoms with van der Waals surface area (Å²) in [5.74, 6) is 0.881. The number of amides is 1. The normalized spacial score (nSPS) is 16.6. The van der Waals surface area contributed by atoms with Gasteiger partial charge in [-0.3, -0.25) is 0 Å². The van der Waals surface area contributed by atoms with Crippen molar-refractivity contribution in [3.63, 3.8) is 0 Å². The van der Waals surface area contributed by atoms with E-state index < -0.39 is 0 Å². The topological polar surface area (TPSA) is 60.0 Å². The lowest BCUT2D eigenvalue weighted by molar-refractivity contribution is -0.0271. The van der Waals surface area contributed by atoms with Crippen LogP contribution in [0.15, 0.2) is 54.6 Å². The van der Waals surface area contributed by atoms with E-state index in [0.29, 0.717) is 32.8 Å². The fraction of sp³-hybridized carbons (Fsp3) is 0.409. The Hall–Kier alpha value is -2.57. The standard InChI is InChI=1S/C22H28N2O4/c1-2-26-20-10-8-18(9-11-20)14-23-15-21-16-24(12-13-27-21)22(25)28-17-19-6-4-3-5-7-19/h3-11,21,23H,2,12-17H2,1H3. The van der Waals surface area contributed by atoms with Gasteiger partial charge in [0.25, 0.3) is 0 Å². The maximum absolute atomic E-state index is 12.3.